The van der Waals surface area contributed by atoms with E-state index in [1.807, 2.05) is 7.05 Å². The molecule has 0 rings (SSSR count). The molecule has 68 valence electrons. The maximum absolute atomic E-state index is 10.8. The summed E-state index contributed by atoms with van der Waals surface area (Å²) in [5, 5.41) is 5.75. The van der Waals surface area contributed by atoms with Crippen molar-refractivity contribution in [3.8, 4) is 11.8 Å². The van der Waals surface area contributed by atoms with Gasteiger partial charge < -0.3 is 10.6 Å². The molecule has 0 spiro atoms. The molecule has 1 atom stereocenters. The zero-order chi connectivity index (χ0) is 9.40. The summed E-state index contributed by atoms with van der Waals surface area (Å²) >= 11 is 0. The van der Waals surface area contributed by atoms with E-state index in [1.165, 1.54) is 0 Å². The van der Waals surface area contributed by atoms with Gasteiger partial charge in [0, 0.05) is 6.54 Å². The normalized spacial score (nSPS) is 11.2. The Morgan fingerprint density at radius 2 is 2.17 bits per heavy atom. The van der Waals surface area contributed by atoms with Gasteiger partial charge in [0.1, 0.15) is 0 Å². The van der Waals surface area contributed by atoms with Crippen LogP contribution in [-0.2, 0) is 4.79 Å². The average molecular weight is 168 g/mol. The molecule has 1 amide bonds. The smallest absolute Gasteiger partial charge is 0.295 e. The summed E-state index contributed by atoms with van der Waals surface area (Å²) in [6, 6.07) is 0. The number of hydrogen-bond acceptors (Lipinski definition) is 2. The Labute approximate surface area is 73.9 Å². The van der Waals surface area contributed by atoms with Gasteiger partial charge in [0.05, 0.1) is 0 Å². The molecule has 0 heterocycles. The molecule has 3 heteroatoms. The predicted octanol–water partition coefficient (Wildman–Crippen LogP) is -0.0186. The number of rotatable bonds is 4. The van der Waals surface area contributed by atoms with E-state index >= 15 is 0 Å². The molecule has 0 saturated carbocycles. The lowest BCUT2D eigenvalue weighted by Crippen LogP contribution is -2.31. The largest absolute Gasteiger partial charge is 0.345 e. The van der Waals surface area contributed by atoms with Crippen LogP contribution in [0.4, 0.5) is 0 Å². The SMILES string of the molecule is CC#CC(=O)NCC(C)CNC. The van der Waals surface area contributed by atoms with Crippen molar-refractivity contribution in [1.82, 2.24) is 10.6 Å². The number of hydrogen-bond donors (Lipinski definition) is 2. The van der Waals surface area contributed by atoms with E-state index in [0.29, 0.717) is 12.5 Å². The summed E-state index contributed by atoms with van der Waals surface area (Å²) in [5.41, 5.74) is 0. The average Bonchev–Trinajstić information content (AvgIpc) is 2.02. The molecular formula is C9H16N2O. The minimum absolute atomic E-state index is 0.194. The Morgan fingerprint density at radius 1 is 1.50 bits per heavy atom. The van der Waals surface area contributed by atoms with E-state index in [0.717, 1.165) is 6.54 Å². The van der Waals surface area contributed by atoms with E-state index in [4.69, 9.17) is 0 Å². The lowest BCUT2D eigenvalue weighted by atomic mass is 10.2. The summed E-state index contributed by atoms with van der Waals surface area (Å²) in [5.74, 6) is 5.22. The second-order valence-corrected chi connectivity index (χ2v) is 2.75. The van der Waals surface area contributed by atoms with Crippen LogP contribution >= 0.6 is 0 Å². The number of amides is 1. The highest BCUT2D eigenvalue weighted by Gasteiger charge is 2.01. The summed E-state index contributed by atoms with van der Waals surface area (Å²) in [4.78, 5) is 10.8. The fourth-order valence-electron chi connectivity index (χ4n) is 0.845. The number of nitrogens with one attached hydrogen (secondary N) is 2. The van der Waals surface area contributed by atoms with Crippen LogP contribution in [0.5, 0.6) is 0 Å². The Bertz CT molecular complexity index is 190. The highest BCUT2D eigenvalue weighted by Crippen LogP contribution is 1.87. The van der Waals surface area contributed by atoms with Crippen molar-refractivity contribution in [1.29, 1.82) is 0 Å². The minimum Gasteiger partial charge on any atom is -0.345 e. The first kappa shape index (κ1) is 11.0. The lowest BCUT2D eigenvalue weighted by molar-refractivity contribution is -0.115. The summed E-state index contributed by atoms with van der Waals surface area (Å²) < 4.78 is 0. The Kier molecular flexibility index (Phi) is 6.12. The van der Waals surface area contributed by atoms with E-state index in [9.17, 15) is 4.79 Å². The Morgan fingerprint density at radius 3 is 2.67 bits per heavy atom. The highest BCUT2D eigenvalue weighted by atomic mass is 16.1. The van der Waals surface area contributed by atoms with Crippen LogP contribution in [0.25, 0.3) is 0 Å². The van der Waals surface area contributed by atoms with Crippen molar-refractivity contribution in [3.05, 3.63) is 0 Å². The maximum atomic E-state index is 10.8. The van der Waals surface area contributed by atoms with Gasteiger partial charge >= 0.3 is 0 Å². The lowest BCUT2D eigenvalue weighted by Gasteiger charge is -2.09. The summed E-state index contributed by atoms with van der Waals surface area (Å²) in [7, 11) is 1.89. The van der Waals surface area contributed by atoms with Gasteiger partial charge in [-0.25, -0.2) is 0 Å². The highest BCUT2D eigenvalue weighted by molar-refractivity contribution is 5.93. The Hall–Kier alpha value is -1.01. The van der Waals surface area contributed by atoms with Crippen molar-refractivity contribution in [2.75, 3.05) is 20.1 Å². The molecule has 0 aromatic heterocycles. The zero-order valence-corrected chi connectivity index (χ0v) is 7.90. The molecule has 0 aromatic rings. The minimum atomic E-state index is -0.194. The summed E-state index contributed by atoms with van der Waals surface area (Å²) in [6.45, 7) is 5.29. The third-order valence-corrected chi connectivity index (χ3v) is 1.40. The van der Waals surface area contributed by atoms with Gasteiger partial charge in [0.25, 0.3) is 5.91 Å². The second kappa shape index (κ2) is 6.68. The standard InChI is InChI=1S/C9H16N2O/c1-4-5-9(12)11-7-8(2)6-10-3/h8,10H,6-7H2,1-3H3,(H,11,12). The van der Waals surface area contributed by atoms with Crippen molar-refractivity contribution < 1.29 is 4.79 Å². The Balaban J connectivity index is 3.51. The molecule has 0 aromatic carbocycles. The van der Waals surface area contributed by atoms with Crippen LogP contribution in [0.1, 0.15) is 13.8 Å². The molecule has 0 saturated heterocycles. The molecule has 12 heavy (non-hydrogen) atoms. The number of carbonyl (C=O) groups excluding carboxylic acids is 1. The second-order valence-electron chi connectivity index (χ2n) is 2.75. The first-order chi connectivity index (χ1) is 5.70. The van der Waals surface area contributed by atoms with E-state index in [2.05, 4.69) is 29.4 Å². The van der Waals surface area contributed by atoms with Crippen LogP contribution in [0.3, 0.4) is 0 Å². The van der Waals surface area contributed by atoms with Gasteiger partial charge in [-0.15, -0.1) is 0 Å². The van der Waals surface area contributed by atoms with E-state index in [1.54, 1.807) is 6.92 Å². The van der Waals surface area contributed by atoms with Gasteiger partial charge in [-0.1, -0.05) is 12.8 Å². The summed E-state index contributed by atoms with van der Waals surface area (Å²) in [6.07, 6.45) is 0. The zero-order valence-electron chi connectivity index (χ0n) is 7.90. The van der Waals surface area contributed by atoms with Crippen LogP contribution in [0.2, 0.25) is 0 Å². The molecule has 0 aliphatic heterocycles. The monoisotopic (exact) mass is 168 g/mol. The van der Waals surface area contributed by atoms with E-state index in [-0.39, 0.29) is 5.91 Å². The first-order valence-electron chi connectivity index (χ1n) is 4.06. The van der Waals surface area contributed by atoms with Crippen molar-refractivity contribution in [2.45, 2.75) is 13.8 Å². The molecular weight excluding hydrogens is 152 g/mol. The molecule has 0 aliphatic rings. The van der Waals surface area contributed by atoms with Crippen molar-refractivity contribution >= 4 is 5.91 Å². The van der Waals surface area contributed by atoms with Crippen LogP contribution in [0.15, 0.2) is 0 Å². The third kappa shape index (κ3) is 5.75. The van der Waals surface area contributed by atoms with Gasteiger partial charge in [-0.2, -0.15) is 0 Å². The first-order valence-corrected chi connectivity index (χ1v) is 4.06. The maximum Gasteiger partial charge on any atom is 0.295 e. The third-order valence-electron chi connectivity index (χ3n) is 1.40. The van der Waals surface area contributed by atoms with Crippen molar-refractivity contribution in [3.63, 3.8) is 0 Å². The van der Waals surface area contributed by atoms with E-state index < -0.39 is 0 Å². The molecule has 0 aliphatic carbocycles. The molecule has 0 fully saturated rings. The van der Waals surface area contributed by atoms with Gasteiger partial charge in [-0.05, 0) is 32.4 Å². The topological polar surface area (TPSA) is 41.1 Å². The van der Waals surface area contributed by atoms with Crippen LogP contribution < -0.4 is 10.6 Å². The molecule has 0 bridgehead atoms. The fourth-order valence-corrected chi connectivity index (χ4v) is 0.845. The van der Waals surface area contributed by atoms with Crippen LogP contribution in [-0.4, -0.2) is 26.0 Å². The van der Waals surface area contributed by atoms with Gasteiger partial charge in [0.2, 0.25) is 0 Å². The fraction of sp³-hybridized carbons (Fsp3) is 0.667. The number of carbonyl (C=O) groups is 1. The molecule has 3 nitrogen and oxygen atoms in total. The van der Waals surface area contributed by atoms with Crippen LogP contribution in [0, 0.1) is 17.8 Å². The van der Waals surface area contributed by atoms with Crippen molar-refractivity contribution in [2.24, 2.45) is 5.92 Å². The quantitative estimate of drug-likeness (QED) is 0.579. The predicted molar refractivity (Wildman–Crippen MR) is 49.6 cm³/mol. The van der Waals surface area contributed by atoms with Gasteiger partial charge in [-0.3, -0.25) is 4.79 Å². The van der Waals surface area contributed by atoms with Gasteiger partial charge in [0.15, 0.2) is 0 Å². The molecule has 2 N–H and O–H groups in total. The molecule has 0 radical (unpaired) electrons. The molecule has 1 unspecified atom stereocenters.